The van der Waals surface area contributed by atoms with E-state index in [1.165, 1.54) is 38.2 Å². The fourth-order valence-corrected chi connectivity index (χ4v) is 6.78. The van der Waals surface area contributed by atoms with Gasteiger partial charge in [0.15, 0.2) is 0 Å². The number of nitrogens with one attached hydrogen (secondary N) is 2. The minimum absolute atomic E-state index is 0.0420. The van der Waals surface area contributed by atoms with Crippen molar-refractivity contribution in [3.63, 3.8) is 0 Å². The smallest absolute Gasteiger partial charge is 0.255 e. The molecule has 1 aliphatic heterocycles. The van der Waals surface area contributed by atoms with E-state index in [9.17, 15) is 14.7 Å². The number of phenolic OH excluding ortho intramolecular Hbond substituents is 1. The van der Waals surface area contributed by atoms with Crippen molar-refractivity contribution in [2.24, 2.45) is 5.92 Å². The van der Waals surface area contributed by atoms with Crippen molar-refractivity contribution in [1.29, 1.82) is 0 Å². The van der Waals surface area contributed by atoms with Crippen LogP contribution < -0.4 is 15.4 Å². The number of phenols is 1. The molecule has 2 fully saturated rings. The molecule has 2 aromatic rings. The van der Waals surface area contributed by atoms with E-state index in [1.807, 2.05) is 23.9 Å². The first-order valence-electron chi connectivity index (χ1n) is 13.8. The first-order chi connectivity index (χ1) is 18.5. The number of ether oxygens (including phenoxy) is 2. The van der Waals surface area contributed by atoms with Crippen molar-refractivity contribution in [2.75, 3.05) is 26.0 Å². The second-order valence-electron chi connectivity index (χ2n) is 10.3. The molecule has 0 aromatic heterocycles. The highest BCUT2D eigenvalue weighted by Crippen LogP contribution is 2.31. The van der Waals surface area contributed by atoms with E-state index in [4.69, 9.17) is 9.47 Å². The topological polar surface area (TPSA) is 96.9 Å². The predicted molar refractivity (Wildman–Crippen MR) is 151 cm³/mol. The molecule has 3 N–H and O–H groups in total. The highest BCUT2D eigenvalue weighted by atomic mass is 32.2. The maximum Gasteiger partial charge on any atom is 0.255 e. The number of benzene rings is 2. The summed E-state index contributed by atoms with van der Waals surface area (Å²) in [6, 6.07) is 14.2. The van der Waals surface area contributed by atoms with Gasteiger partial charge in [-0.25, -0.2) is 0 Å². The number of thioether (sulfide) groups is 1. The zero-order valence-corrected chi connectivity index (χ0v) is 23.0. The Morgan fingerprint density at radius 1 is 1.05 bits per heavy atom. The van der Waals surface area contributed by atoms with Gasteiger partial charge in [0, 0.05) is 18.4 Å². The van der Waals surface area contributed by atoms with Gasteiger partial charge in [0.05, 0.1) is 18.7 Å². The van der Waals surface area contributed by atoms with Crippen LogP contribution >= 0.6 is 11.8 Å². The SMILES string of the molecule is COc1ccc(CC(SCC2CCCCC2)C(CNC(=O)c2ccccc2O)NC(=O)C2CCCO2)cc1. The number of para-hydroxylation sites is 1. The Morgan fingerprint density at radius 2 is 1.82 bits per heavy atom. The number of methoxy groups -OCH3 is 1. The number of rotatable bonds is 12. The molecule has 2 aliphatic rings. The molecule has 206 valence electrons. The lowest BCUT2D eigenvalue weighted by molar-refractivity contribution is -0.130. The zero-order valence-electron chi connectivity index (χ0n) is 22.2. The molecule has 7 nitrogen and oxygen atoms in total. The third-order valence-electron chi connectivity index (χ3n) is 7.50. The lowest BCUT2D eigenvalue weighted by Gasteiger charge is -2.31. The number of hydrogen-bond donors (Lipinski definition) is 3. The molecule has 1 heterocycles. The van der Waals surface area contributed by atoms with Gasteiger partial charge in [0.2, 0.25) is 5.91 Å². The van der Waals surface area contributed by atoms with Crippen molar-refractivity contribution in [1.82, 2.24) is 10.6 Å². The third kappa shape index (κ3) is 8.14. The average Bonchev–Trinajstić information content (AvgIpc) is 3.50. The van der Waals surface area contributed by atoms with Crippen LogP contribution in [0.15, 0.2) is 48.5 Å². The maximum atomic E-state index is 13.2. The highest BCUT2D eigenvalue weighted by Gasteiger charge is 2.31. The van der Waals surface area contributed by atoms with Gasteiger partial charge in [0.1, 0.15) is 17.6 Å². The van der Waals surface area contributed by atoms with E-state index < -0.39 is 6.10 Å². The first kappa shape index (κ1) is 28.3. The van der Waals surface area contributed by atoms with E-state index in [0.29, 0.717) is 18.9 Å². The number of carbonyl (C=O) groups is 2. The van der Waals surface area contributed by atoms with Crippen LogP contribution in [-0.4, -0.2) is 60.3 Å². The van der Waals surface area contributed by atoms with E-state index >= 15 is 0 Å². The van der Waals surface area contributed by atoms with E-state index in [-0.39, 0.29) is 41.0 Å². The fourth-order valence-electron chi connectivity index (χ4n) is 5.22. The summed E-state index contributed by atoms with van der Waals surface area (Å²) in [7, 11) is 1.65. The minimum Gasteiger partial charge on any atom is -0.507 e. The zero-order chi connectivity index (χ0) is 26.7. The highest BCUT2D eigenvalue weighted by molar-refractivity contribution is 7.99. The number of amides is 2. The average molecular weight is 541 g/mol. The molecule has 3 atom stereocenters. The molecule has 38 heavy (non-hydrogen) atoms. The standard InChI is InChI=1S/C30H40N2O5S/c1-36-23-15-13-21(14-16-23)18-28(38-20-22-8-3-2-4-9-22)25(32-30(35)27-12-7-17-37-27)19-31-29(34)24-10-5-6-11-26(24)33/h5-6,10-11,13-16,22,25,27-28,33H,2-4,7-9,12,17-20H2,1H3,(H,31,34)(H,32,35). The van der Waals surface area contributed by atoms with E-state index in [1.54, 1.807) is 25.3 Å². The summed E-state index contributed by atoms with van der Waals surface area (Å²) in [4.78, 5) is 26.1. The Morgan fingerprint density at radius 3 is 2.50 bits per heavy atom. The van der Waals surface area contributed by atoms with Crippen LogP contribution in [-0.2, 0) is 16.0 Å². The Hall–Kier alpha value is -2.71. The van der Waals surface area contributed by atoms with Crippen molar-refractivity contribution in [3.8, 4) is 11.5 Å². The number of carbonyl (C=O) groups excluding carboxylic acids is 2. The van der Waals surface area contributed by atoms with Crippen LogP contribution in [0.5, 0.6) is 11.5 Å². The van der Waals surface area contributed by atoms with Crippen LogP contribution in [0.3, 0.4) is 0 Å². The van der Waals surface area contributed by atoms with Gasteiger partial charge in [-0.3, -0.25) is 9.59 Å². The predicted octanol–water partition coefficient (Wildman–Crippen LogP) is 4.72. The number of hydrogen-bond acceptors (Lipinski definition) is 6. The van der Waals surface area contributed by atoms with Crippen LogP contribution in [0.2, 0.25) is 0 Å². The molecule has 1 saturated heterocycles. The summed E-state index contributed by atoms with van der Waals surface area (Å²) in [6.45, 7) is 0.850. The summed E-state index contributed by atoms with van der Waals surface area (Å²) in [5, 5.41) is 16.4. The van der Waals surface area contributed by atoms with Gasteiger partial charge < -0.3 is 25.2 Å². The Labute approximate surface area is 230 Å². The van der Waals surface area contributed by atoms with Gasteiger partial charge in [-0.2, -0.15) is 11.8 Å². The molecule has 0 bridgehead atoms. The Balaban J connectivity index is 1.52. The van der Waals surface area contributed by atoms with Crippen LogP contribution in [0.4, 0.5) is 0 Å². The molecule has 0 radical (unpaired) electrons. The molecule has 8 heteroatoms. The quantitative estimate of drug-likeness (QED) is 0.361. The summed E-state index contributed by atoms with van der Waals surface area (Å²) < 4.78 is 11.0. The lowest BCUT2D eigenvalue weighted by Crippen LogP contribution is -2.52. The third-order valence-corrected chi connectivity index (χ3v) is 9.08. The molecular weight excluding hydrogens is 500 g/mol. The molecule has 4 rings (SSSR count). The molecule has 3 unspecified atom stereocenters. The van der Waals surface area contributed by atoms with E-state index in [2.05, 4.69) is 22.8 Å². The van der Waals surface area contributed by atoms with Crippen molar-refractivity contribution < 1.29 is 24.2 Å². The summed E-state index contributed by atoms with van der Waals surface area (Å²) in [5.74, 6) is 1.96. The summed E-state index contributed by atoms with van der Waals surface area (Å²) >= 11 is 1.89. The van der Waals surface area contributed by atoms with Gasteiger partial charge in [-0.05, 0) is 73.6 Å². The van der Waals surface area contributed by atoms with Crippen molar-refractivity contribution in [3.05, 3.63) is 59.7 Å². The first-order valence-corrected chi connectivity index (χ1v) is 14.8. The van der Waals surface area contributed by atoms with Gasteiger partial charge >= 0.3 is 0 Å². The van der Waals surface area contributed by atoms with E-state index in [0.717, 1.165) is 29.9 Å². The van der Waals surface area contributed by atoms with Crippen LogP contribution in [0, 0.1) is 5.92 Å². The molecule has 1 saturated carbocycles. The molecule has 2 aromatic carbocycles. The van der Waals surface area contributed by atoms with Crippen LogP contribution in [0.25, 0.3) is 0 Å². The van der Waals surface area contributed by atoms with Crippen LogP contribution in [0.1, 0.15) is 60.9 Å². The number of aromatic hydroxyl groups is 1. The van der Waals surface area contributed by atoms with Crippen molar-refractivity contribution in [2.45, 2.75) is 68.8 Å². The summed E-state index contributed by atoms with van der Waals surface area (Å²) in [5.41, 5.74) is 1.37. The lowest BCUT2D eigenvalue weighted by atomic mass is 9.91. The maximum absolute atomic E-state index is 13.2. The molecular formula is C30H40N2O5S. The second-order valence-corrected chi connectivity index (χ2v) is 11.5. The summed E-state index contributed by atoms with van der Waals surface area (Å²) in [6.07, 6.45) is 8.25. The minimum atomic E-state index is -0.448. The van der Waals surface area contributed by atoms with Gasteiger partial charge in [-0.15, -0.1) is 0 Å². The fraction of sp³-hybridized carbons (Fsp3) is 0.533. The van der Waals surface area contributed by atoms with Crippen molar-refractivity contribution >= 4 is 23.6 Å². The molecule has 1 aliphatic carbocycles. The normalized spacial score (nSPS) is 19.4. The Bertz CT molecular complexity index is 1040. The second kappa shape index (κ2) is 14.4. The molecule has 0 spiro atoms. The largest absolute Gasteiger partial charge is 0.507 e. The Kier molecular flexibility index (Phi) is 10.8. The van der Waals surface area contributed by atoms with Gasteiger partial charge in [-0.1, -0.05) is 43.5 Å². The monoisotopic (exact) mass is 540 g/mol. The van der Waals surface area contributed by atoms with Gasteiger partial charge in [0.25, 0.3) is 5.91 Å². The molecule has 2 amide bonds.